The molecule has 0 saturated heterocycles. The van der Waals surface area contributed by atoms with Gasteiger partial charge in [-0.25, -0.2) is 4.39 Å². The van der Waals surface area contributed by atoms with Gasteiger partial charge in [-0.3, -0.25) is 9.59 Å². The van der Waals surface area contributed by atoms with Crippen molar-refractivity contribution in [1.82, 2.24) is 9.80 Å². The molecular formula is C28H29FN2O4S. The zero-order chi connectivity index (χ0) is 25.1. The number of benzene rings is 2. The van der Waals surface area contributed by atoms with Crippen molar-refractivity contribution in [3.63, 3.8) is 0 Å². The first-order valence-corrected chi connectivity index (χ1v) is 13.1. The van der Waals surface area contributed by atoms with Gasteiger partial charge in [-0.2, -0.15) is 0 Å². The highest BCUT2D eigenvalue weighted by atomic mass is 32.1. The maximum atomic E-state index is 13.7. The molecule has 1 fully saturated rings. The minimum absolute atomic E-state index is 0.0165. The minimum atomic E-state index is -0.394. The van der Waals surface area contributed by atoms with E-state index in [1.165, 1.54) is 29.1 Å². The first-order chi connectivity index (χ1) is 17.5. The van der Waals surface area contributed by atoms with E-state index in [1.54, 1.807) is 23.3 Å². The number of carbonyl (C=O) groups excluding carboxylic acids is 2. The second kappa shape index (κ2) is 10.7. The molecule has 2 heterocycles. The third-order valence-corrected chi connectivity index (χ3v) is 7.76. The molecule has 2 amide bonds. The summed E-state index contributed by atoms with van der Waals surface area (Å²) in [6, 6.07) is 14.8. The first-order valence-electron chi connectivity index (χ1n) is 12.2. The number of methoxy groups -OCH3 is 1. The predicted octanol–water partition coefficient (Wildman–Crippen LogP) is 4.95. The van der Waals surface area contributed by atoms with E-state index in [1.807, 2.05) is 34.5 Å². The molecule has 36 heavy (non-hydrogen) atoms. The molecule has 0 N–H and O–H groups in total. The van der Waals surface area contributed by atoms with Crippen LogP contribution in [0.25, 0.3) is 0 Å². The molecule has 1 aliphatic heterocycles. The van der Waals surface area contributed by atoms with E-state index in [-0.39, 0.29) is 31.0 Å². The highest BCUT2D eigenvalue weighted by molar-refractivity contribution is 7.10. The second-order valence-electron chi connectivity index (χ2n) is 9.25. The lowest BCUT2D eigenvalue weighted by atomic mass is 10.00. The molecule has 0 bridgehead atoms. The highest BCUT2D eigenvalue weighted by Gasteiger charge is 2.35. The fourth-order valence-corrected chi connectivity index (χ4v) is 5.57. The molecule has 8 heteroatoms. The van der Waals surface area contributed by atoms with Gasteiger partial charge in [0, 0.05) is 23.5 Å². The SMILES string of the molecule is COc1ccccc1OC[C@@H]1c2ccsc2CCN1C(=O)CN(CC1CC1)C(=O)c1ccc(F)cc1. The molecule has 1 aliphatic carbocycles. The summed E-state index contributed by atoms with van der Waals surface area (Å²) < 4.78 is 25.0. The zero-order valence-electron chi connectivity index (χ0n) is 20.2. The molecular weight excluding hydrogens is 479 g/mol. The minimum Gasteiger partial charge on any atom is -0.493 e. The van der Waals surface area contributed by atoms with Crippen molar-refractivity contribution in [1.29, 1.82) is 0 Å². The summed E-state index contributed by atoms with van der Waals surface area (Å²) in [5.74, 6) is 0.918. The topological polar surface area (TPSA) is 59.1 Å². The third kappa shape index (κ3) is 5.38. The van der Waals surface area contributed by atoms with Crippen molar-refractivity contribution in [3.05, 3.63) is 81.8 Å². The number of hydrogen-bond acceptors (Lipinski definition) is 5. The standard InChI is InChI=1S/C28H29FN2O4S/c1-34-24-4-2-3-5-25(24)35-18-23-22-13-15-36-26(22)12-14-31(23)27(32)17-30(16-19-6-7-19)28(33)20-8-10-21(29)11-9-20/h2-5,8-11,13,15,19,23H,6-7,12,14,16-18H2,1H3/t23-/m1/s1. The smallest absolute Gasteiger partial charge is 0.254 e. The Hall–Kier alpha value is -3.39. The zero-order valence-corrected chi connectivity index (χ0v) is 21.0. The average molecular weight is 509 g/mol. The lowest BCUT2D eigenvalue weighted by Gasteiger charge is -2.37. The van der Waals surface area contributed by atoms with E-state index in [9.17, 15) is 14.0 Å². The van der Waals surface area contributed by atoms with Crippen LogP contribution in [0, 0.1) is 11.7 Å². The molecule has 0 radical (unpaired) electrons. The number of ether oxygens (including phenoxy) is 2. The maximum absolute atomic E-state index is 13.7. The molecule has 188 valence electrons. The average Bonchev–Trinajstić information content (AvgIpc) is 3.59. The number of hydrogen-bond donors (Lipinski definition) is 0. The molecule has 0 spiro atoms. The normalized spacial score (nSPS) is 16.8. The number of halogens is 1. The number of fused-ring (bicyclic) bond motifs is 1. The molecule has 0 unspecified atom stereocenters. The van der Waals surface area contributed by atoms with E-state index < -0.39 is 5.82 Å². The summed E-state index contributed by atoms with van der Waals surface area (Å²) in [5, 5.41) is 2.05. The molecule has 1 atom stereocenters. The van der Waals surface area contributed by atoms with Crippen molar-refractivity contribution >= 4 is 23.2 Å². The third-order valence-electron chi connectivity index (χ3n) is 6.76. The number of rotatable bonds is 9. The van der Waals surface area contributed by atoms with Gasteiger partial charge in [0.15, 0.2) is 11.5 Å². The number of para-hydroxylation sites is 2. The Balaban J connectivity index is 1.34. The van der Waals surface area contributed by atoms with Gasteiger partial charge in [-0.05, 0) is 78.6 Å². The van der Waals surface area contributed by atoms with Crippen molar-refractivity contribution in [3.8, 4) is 11.5 Å². The Labute approximate surface area is 214 Å². The predicted molar refractivity (Wildman–Crippen MR) is 136 cm³/mol. The Morgan fingerprint density at radius 3 is 2.56 bits per heavy atom. The molecule has 6 nitrogen and oxygen atoms in total. The summed E-state index contributed by atoms with van der Waals surface area (Å²) in [7, 11) is 1.60. The summed E-state index contributed by atoms with van der Waals surface area (Å²) in [6.45, 7) is 1.36. The lowest BCUT2D eigenvalue weighted by Crippen LogP contribution is -2.48. The van der Waals surface area contributed by atoms with Gasteiger partial charge < -0.3 is 19.3 Å². The Kier molecular flexibility index (Phi) is 7.23. The van der Waals surface area contributed by atoms with E-state index in [2.05, 4.69) is 6.07 Å². The van der Waals surface area contributed by atoms with Crippen LogP contribution in [0.15, 0.2) is 60.0 Å². The second-order valence-corrected chi connectivity index (χ2v) is 10.3. The van der Waals surface area contributed by atoms with Crippen molar-refractivity contribution in [2.45, 2.75) is 25.3 Å². The van der Waals surface area contributed by atoms with Crippen LogP contribution in [-0.4, -0.2) is 55.0 Å². The highest BCUT2D eigenvalue weighted by Crippen LogP contribution is 2.36. The fraction of sp³-hybridized carbons (Fsp3) is 0.357. The van der Waals surface area contributed by atoms with Gasteiger partial charge >= 0.3 is 0 Å². The van der Waals surface area contributed by atoms with Crippen LogP contribution < -0.4 is 9.47 Å². The lowest BCUT2D eigenvalue weighted by molar-refractivity contribution is -0.135. The van der Waals surface area contributed by atoms with Crippen LogP contribution in [0.1, 0.15) is 39.7 Å². The van der Waals surface area contributed by atoms with Crippen LogP contribution in [0.4, 0.5) is 4.39 Å². The quantitative estimate of drug-likeness (QED) is 0.410. The van der Waals surface area contributed by atoms with Crippen LogP contribution in [0.3, 0.4) is 0 Å². The van der Waals surface area contributed by atoms with Crippen molar-refractivity contribution < 1.29 is 23.5 Å². The molecule has 1 aromatic heterocycles. The summed E-state index contributed by atoms with van der Waals surface area (Å²) in [4.78, 5) is 31.6. The van der Waals surface area contributed by atoms with Gasteiger partial charge in [0.1, 0.15) is 19.0 Å². The van der Waals surface area contributed by atoms with E-state index in [0.29, 0.717) is 36.1 Å². The van der Waals surface area contributed by atoms with Gasteiger partial charge in [0.25, 0.3) is 5.91 Å². The van der Waals surface area contributed by atoms with Crippen molar-refractivity contribution in [2.75, 3.05) is 33.4 Å². The molecule has 2 aliphatic rings. The fourth-order valence-electron chi connectivity index (χ4n) is 4.64. The Morgan fingerprint density at radius 1 is 1.08 bits per heavy atom. The monoisotopic (exact) mass is 508 g/mol. The largest absolute Gasteiger partial charge is 0.493 e. The summed E-state index contributed by atoms with van der Waals surface area (Å²) >= 11 is 1.69. The van der Waals surface area contributed by atoms with Crippen LogP contribution >= 0.6 is 11.3 Å². The Morgan fingerprint density at radius 2 is 1.83 bits per heavy atom. The number of amides is 2. The first kappa shape index (κ1) is 24.3. The van der Waals surface area contributed by atoms with Crippen LogP contribution in [-0.2, 0) is 11.2 Å². The van der Waals surface area contributed by atoms with E-state index in [4.69, 9.17) is 9.47 Å². The number of carbonyl (C=O) groups is 2. The van der Waals surface area contributed by atoms with Gasteiger partial charge in [0.2, 0.25) is 5.91 Å². The number of thiophene rings is 1. The maximum Gasteiger partial charge on any atom is 0.254 e. The van der Waals surface area contributed by atoms with E-state index in [0.717, 1.165) is 24.8 Å². The molecule has 2 aromatic carbocycles. The van der Waals surface area contributed by atoms with Gasteiger partial charge in [-0.15, -0.1) is 11.3 Å². The Bertz CT molecular complexity index is 1220. The summed E-state index contributed by atoms with van der Waals surface area (Å²) in [5.41, 5.74) is 1.48. The van der Waals surface area contributed by atoms with E-state index >= 15 is 0 Å². The number of nitrogens with zero attached hydrogens (tertiary/aromatic N) is 2. The van der Waals surface area contributed by atoms with Gasteiger partial charge in [0.05, 0.1) is 13.2 Å². The molecule has 1 saturated carbocycles. The van der Waals surface area contributed by atoms with Crippen LogP contribution in [0.5, 0.6) is 11.5 Å². The molecule has 3 aromatic rings. The van der Waals surface area contributed by atoms with Crippen LogP contribution in [0.2, 0.25) is 0 Å². The van der Waals surface area contributed by atoms with Crippen molar-refractivity contribution in [2.24, 2.45) is 5.92 Å². The van der Waals surface area contributed by atoms with Gasteiger partial charge in [-0.1, -0.05) is 12.1 Å². The molecule has 5 rings (SSSR count). The summed E-state index contributed by atoms with van der Waals surface area (Å²) in [6.07, 6.45) is 2.88.